The SMILES string of the molecule is CCN1CCC(CNC(=O)NC(C)c2ccc3c(c2)CC(=O)N3)C1. The van der Waals surface area contributed by atoms with E-state index in [-0.39, 0.29) is 18.0 Å². The van der Waals surface area contributed by atoms with Crippen LogP contribution < -0.4 is 16.0 Å². The maximum atomic E-state index is 12.1. The number of nitrogens with zero attached hydrogens (tertiary/aromatic N) is 1. The average Bonchev–Trinajstić information content (AvgIpc) is 3.16. The Morgan fingerprint density at radius 1 is 1.46 bits per heavy atom. The highest BCUT2D eigenvalue weighted by Gasteiger charge is 2.22. The first-order valence-electron chi connectivity index (χ1n) is 8.74. The molecule has 0 aliphatic carbocycles. The molecule has 0 aromatic heterocycles. The number of amides is 3. The Kier molecular flexibility index (Phi) is 5.04. The number of anilines is 1. The zero-order valence-electron chi connectivity index (χ0n) is 14.4. The first-order chi connectivity index (χ1) is 11.5. The molecule has 1 aromatic carbocycles. The summed E-state index contributed by atoms with van der Waals surface area (Å²) >= 11 is 0. The third-order valence-corrected chi connectivity index (χ3v) is 4.97. The number of hydrogen-bond acceptors (Lipinski definition) is 3. The summed E-state index contributed by atoms with van der Waals surface area (Å²) in [4.78, 5) is 25.9. The van der Waals surface area contributed by atoms with Gasteiger partial charge in [0, 0.05) is 18.8 Å². The number of carbonyl (C=O) groups is 2. The highest BCUT2D eigenvalue weighted by Crippen LogP contribution is 2.26. The third-order valence-electron chi connectivity index (χ3n) is 4.97. The van der Waals surface area contributed by atoms with Crippen LogP contribution in [0.4, 0.5) is 10.5 Å². The van der Waals surface area contributed by atoms with Crippen molar-refractivity contribution in [3.63, 3.8) is 0 Å². The van der Waals surface area contributed by atoms with Gasteiger partial charge in [-0.2, -0.15) is 0 Å². The largest absolute Gasteiger partial charge is 0.338 e. The van der Waals surface area contributed by atoms with Crippen molar-refractivity contribution in [3.05, 3.63) is 29.3 Å². The van der Waals surface area contributed by atoms with Gasteiger partial charge in [0.15, 0.2) is 0 Å². The quantitative estimate of drug-likeness (QED) is 0.772. The van der Waals surface area contributed by atoms with E-state index in [2.05, 4.69) is 27.8 Å². The van der Waals surface area contributed by atoms with Gasteiger partial charge in [0.2, 0.25) is 5.91 Å². The molecule has 2 aliphatic rings. The second kappa shape index (κ2) is 7.21. The van der Waals surface area contributed by atoms with Gasteiger partial charge in [-0.15, -0.1) is 0 Å². The summed E-state index contributed by atoms with van der Waals surface area (Å²) in [7, 11) is 0. The number of urea groups is 1. The van der Waals surface area contributed by atoms with Gasteiger partial charge in [0.1, 0.15) is 0 Å². The maximum Gasteiger partial charge on any atom is 0.315 e. The van der Waals surface area contributed by atoms with Gasteiger partial charge in [0.05, 0.1) is 12.5 Å². The molecule has 2 unspecified atom stereocenters. The minimum Gasteiger partial charge on any atom is -0.338 e. The number of carbonyl (C=O) groups excluding carboxylic acids is 2. The van der Waals surface area contributed by atoms with E-state index in [0.717, 1.165) is 49.4 Å². The lowest BCUT2D eigenvalue weighted by Gasteiger charge is -2.18. The molecule has 130 valence electrons. The van der Waals surface area contributed by atoms with Crippen molar-refractivity contribution in [2.75, 3.05) is 31.5 Å². The normalized spacial score (nSPS) is 21.2. The molecule has 3 N–H and O–H groups in total. The highest BCUT2D eigenvalue weighted by molar-refractivity contribution is 5.99. The molecule has 0 saturated carbocycles. The first-order valence-corrected chi connectivity index (χ1v) is 8.74. The molecule has 1 saturated heterocycles. The fraction of sp³-hybridized carbons (Fsp3) is 0.556. The number of nitrogens with one attached hydrogen (secondary N) is 3. The van der Waals surface area contributed by atoms with E-state index in [1.54, 1.807) is 0 Å². The van der Waals surface area contributed by atoms with E-state index in [1.165, 1.54) is 0 Å². The zero-order valence-corrected chi connectivity index (χ0v) is 14.4. The van der Waals surface area contributed by atoms with Gasteiger partial charge in [-0.3, -0.25) is 4.79 Å². The molecule has 2 atom stereocenters. The third kappa shape index (κ3) is 3.87. The standard InChI is InChI=1S/C18H26N4O2/c1-3-22-7-6-13(11-22)10-19-18(24)20-12(2)14-4-5-16-15(8-14)9-17(23)21-16/h4-5,8,12-13H,3,6-7,9-11H2,1-2H3,(H,21,23)(H2,19,20,24). The summed E-state index contributed by atoms with van der Waals surface area (Å²) in [6.07, 6.45) is 1.56. The summed E-state index contributed by atoms with van der Waals surface area (Å²) in [5.41, 5.74) is 2.89. The summed E-state index contributed by atoms with van der Waals surface area (Å²) in [6.45, 7) is 8.12. The maximum absolute atomic E-state index is 12.1. The number of benzene rings is 1. The zero-order chi connectivity index (χ0) is 17.1. The van der Waals surface area contributed by atoms with Gasteiger partial charge in [-0.25, -0.2) is 4.79 Å². The molecule has 1 fully saturated rings. The van der Waals surface area contributed by atoms with E-state index < -0.39 is 0 Å². The lowest BCUT2D eigenvalue weighted by atomic mass is 10.0. The van der Waals surface area contributed by atoms with Crippen molar-refractivity contribution in [2.45, 2.75) is 32.7 Å². The summed E-state index contributed by atoms with van der Waals surface area (Å²) < 4.78 is 0. The van der Waals surface area contributed by atoms with Gasteiger partial charge in [-0.05, 0) is 49.5 Å². The smallest absolute Gasteiger partial charge is 0.315 e. The van der Waals surface area contributed by atoms with Crippen LogP contribution in [-0.2, 0) is 11.2 Å². The fourth-order valence-electron chi connectivity index (χ4n) is 3.45. The molecule has 3 rings (SSSR count). The lowest BCUT2D eigenvalue weighted by Crippen LogP contribution is -2.40. The van der Waals surface area contributed by atoms with Gasteiger partial charge >= 0.3 is 6.03 Å². The highest BCUT2D eigenvalue weighted by atomic mass is 16.2. The van der Waals surface area contributed by atoms with Crippen molar-refractivity contribution in [1.82, 2.24) is 15.5 Å². The minimum atomic E-state index is -0.132. The Morgan fingerprint density at radius 3 is 3.04 bits per heavy atom. The van der Waals surface area contributed by atoms with E-state index in [0.29, 0.717) is 12.3 Å². The molecule has 3 amide bonds. The van der Waals surface area contributed by atoms with E-state index in [9.17, 15) is 9.59 Å². The second-order valence-corrected chi connectivity index (χ2v) is 6.77. The van der Waals surface area contributed by atoms with Crippen LogP contribution >= 0.6 is 0 Å². The number of hydrogen-bond donors (Lipinski definition) is 3. The summed E-state index contributed by atoms with van der Waals surface area (Å²) in [6, 6.07) is 5.62. The summed E-state index contributed by atoms with van der Waals surface area (Å²) in [5.74, 6) is 0.571. The van der Waals surface area contributed by atoms with Crippen LogP contribution in [0.3, 0.4) is 0 Å². The Bertz CT molecular complexity index is 631. The predicted octanol–water partition coefficient (Wildman–Crippen LogP) is 1.88. The topological polar surface area (TPSA) is 73.5 Å². The Balaban J connectivity index is 1.48. The van der Waals surface area contributed by atoms with Crippen LogP contribution in [0.15, 0.2) is 18.2 Å². The van der Waals surface area contributed by atoms with Gasteiger partial charge < -0.3 is 20.9 Å². The molecule has 2 aliphatic heterocycles. The molecule has 2 heterocycles. The Morgan fingerprint density at radius 2 is 2.29 bits per heavy atom. The second-order valence-electron chi connectivity index (χ2n) is 6.77. The van der Waals surface area contributed by atoms with Crippen LogP contribution in [-0.4, -0.2) is 43.0 Å². The fourth-order valence-corrected chi connectivity index (χ4v) is 3.45. The van der Waals surface area contributed by atoms with E-state index in [4.69, 9.17) is 0 Å². The minimum absolute atomic E-state index is 0.0261. The molecule has 6 heteroatoms. The van der Waals surface area contributed by atoms with Crippen molar-refractivity contribution in [2.24, 2.45) is 5.92 Å². The van der Waals surface area contributed by atoms with Crippen molar-refractivity contribution < 1.29 is 9.59 Å². The van der Waals surface area contributed by atoms with Crippen LogP contribution in [0, 0.1) is 5.92 Å². The van der Waals surface area contributed by atoms with E-state index in [1.807, 2.05) is 25.1 Å². The molecule has 0 radical (unpaired) electrons. The van der Waals surface area contributed by atoms with Crippen LogP contribution in [0.5, 0.6) is 0 Å². The van der Waals surface area contributed by atoms with Crippen molar-refractivity contribution >= 4 is 17.6 Å². The van der Waals surface area contributed by atoms with Crippen molar-refractivity contribution in [1.29, 1.82) is 0 Å². The molecule has 0 bridgehead atoms. The van der Waals surface area contributed by atoms with Crippen LogP contribution in [0.2, 0.25) is 0 Å². The van der Waals surface area contributed by atoms with Crippen LogP contribution in [0.1, 0.15) is 37.4 Å². The molecule has 24 heavy (non-hydrogen) atoms. The number of fused-ring (bicyclic) bond motifs is 1. The number of rotatable bonds is 5. The summed E-state index contributed by atoms with van der Waals surface area (Å²) in [5, 5.41) is 8.79. The van der Waals surface area contributed by atoms with E-state index >= 15 is 0 Å². The molecular weight excluding hydrogens is 304 g/mol. The van der Waals surface area contributed by atoms with Crippen molar-refractivity contribution in [3.8, 4) is 0 Å². The molecular formula is C18H26N4O2. The Hall–Kier alpha value is -2.08. The average molecular weight is 330 g/mol. The first kappa shape index (κ1) is 16.8. The van der Waals surface area contributed by atoms with Crippen LogP contribution in [0.25, 0.3) is 0 Å². The molecule has 1 aromatic rings. The van der Waals surface area contributed by atoms with Gasteiger partial charge in [0.25, 0.3) is 0 Å². The Labute approximate surface area is 143 Å². The number of likely N-dealkylation sites (tertiary alicyclic amines) is 1. The van der Waals surface area contributed by atoms with Gasteiger partial charge in [-0.1, -0.05) is 19.1 Å². The molecule has 6 nitrogen and oxygen atoms in total. The lowest BCUT2D eigenvalue weighted by molar-refractivity contribution is -0.115. The molecule has 0 spiro atoms. The predicted molar refractivity (Wildman–Crippen MR) is 93.9 cm³/mol. The monoisotopic (exact) mass is 330 g/mol.